The van der Waals surface area contributed by atoms with E-state index in [2.05, 4.69) is 33.5 Å². The Balaban J connectivity index is 1.40. The number of furan rings is 1. The monoisotopic (exact) mass is 962 g/mol. The quantitative estimate of drug-likeness (QED) is 0.0228. The normalized spacial score (nSPS) is 14.5. The van der Waals surface area contributed by atoms with Crippen LogP contribution in [0.2, 0.25) is 0 Å². The van der Waals surface area contributed by atoms with Crippen molar-refractivity contribution in [1.82, 2.24) is 31.5 Å². The number of ether oxygens (including phenoxy) is 1. The van der Waals surface area contributed by atoms with Gasteiger partial charge in [-0.15, -0.1) is 0 Å². The van der Waals surface area contributed by atoms with Crippen LogP contribution in [-0.4, -0.2) is 98.9 Å². The van der Waals surface area contributed by atoms with Crippen molar-refractivity contribution in [2.45, 2.75) is 180 Å². The minimum absolute atomic E-state index is 0.0535. The van der Waals surface area contributed by atoms with Crippen molar-refractivity contribution in [3.63, 3.8) is 0 Å². The van der Waals surface area contributed by atoms with Gasteiger partial charge >= 0.3 is 0 Å². The summed E-state index contributed by atoms with van der Waals surface area (Å²) >= 11 is 0. The van der Waals surface area contributed by atoms with Crippen LogP contribution in [0.15, 0.2) is 59.2 Å². The number of amides is 6. The van der Waals surface area contributed by atoms with Gasteiger partial charge in [0.2, 0.25) is 35.9 Å². The highest BCUT2D eigenvalue weighted by molar-refractivity contribution is 5.93. The number of nitrogens with zero attached hydrogens (tertiary/aromatic N) is 1. The first-order chi connectivity index (χ1) is 33.7. The van der Waals surface area contributed by atoms with Crippen LogP contribution in [0.4, 0.5) is 0 Å². The molecule has 15 nitrogen and oxygen atoms in total. The first-order valence-electron chi connectivity index (χ1n) is 26.4. The Bertz CT molecular complexity index is 1760. The van der Waals surface area contributed by atoms with Crippen molar-refractivity contribution >= 4 is 35.9 Å². The molecule has 7 N–H and O–H groups in total. The second-order valence-corrected chi connectivity index (χ2v) is 18.6. The molecule has 0 saturated carbocycles. The lowest BCUT2D eigenvalue weighted by Crippen LogP contribution is -2.53. The number of likely N-dealkylation sites (tertiary alicyclic amines) is 1. The molecule has 2 aromatic rings. The van der Waals surface area contributed by atoms with E-state index >= 15 is 0 Å². The highest BCUT2D eigenvalue weighted by Gasteiger charge is 2.30. The lowest BCUT2D eigenvalue weighted by Gasteiger charge is -2.30. The van der Waals surface area contributed by atoms with Gasteiger partial charge in [0.25, 0.3) is 0 Å². The molecule has 3 atom stereocenters. The van der Waals surface area contributed by atoms with Gasteiger partial charge in [0.05, 0.1) is 31.8 Å². The predicted octanol–water partition coefficient (Wildman–Crippen LogP) is 7.10. The van der Waals surface area contributed by atoms with E-state index in [1.165, 1.54) is 121 Å². The van der Waals surface area contributed by atoms with Crippen LogP contribution in [0.1, 0.15) is 165 Å². The summed E-state index contributed by atoms with van der Waals surface area (Å²) in [6, 6.07) is 8.63. The third-order valence-corrected chi connectivity index (χ3v) is 12.7. The lowest BCUT2D eigenvalue weighted by molar-refractivity contribution is -0.133. The molecule has 2 heterocycles. The Kier molecular flexibility index (Phi) is 32.0. The van der Waals surface area contributed by atoms with Crippen LogP contribution in [0.3, 0.4) is 0 Å². The largest absolute Gasteiger partial charge is 0.469 e. The summed E-state index contributed by atoms with van der Waals surface area (Å²) in [4.78, 5) is 79.3. The summed E-state index contributed by atoms with van der Waals surface area (Å²) in [6.45, 7) is 4.25. The van der Waals surface area contributed by atoms with Crippen molar-refractivity contribution < 1.29 is 37.9 Å². The summed E-state index contributed by atoms with van der Waals surface area (Å²) < 4.78 is 10.9. The van der Waals surface area contributed by atoms with Crippen molar-refractivity contribution in [2.24, 2.45) is 11.7 Å². The van der Waals surface area contributed by atoms with Gasteiger partial charge < -0.3 is 46.4 Å². The van der Waals surface area contributed by atoms with Crippen LogP contribution >= 0.6 is 0 Å². The molecule has 1 aromatic carbocycles. The standard InChI is InChI=1S/C54H87N7O8/c1-2-3-4-5-6-7-8-9-10-11-12-13-14-15-16-17-18-19-20-21-22-31-50(63)59-49(54(67)56-33-37-68-36-32-55)41-57-51(64)38-44-27-23-24-28-45(44)40-58-53(66)48(39-47-30-26-35-69-47)60-52(65)46-29-25-34-61(42-46)43-62/h22-24,26-28,30-31,35,43,46,48-49H,2-21,25,29,32-34,36-42,55H2,1H3,(H,56,67)(H,57,64)(H,58,66)(H,59,63)(H,60,65)/t46-,48+,49+/m1/s1. The third kappa shape index (κ3) is 27.1. The topological polar surface area (TPSA) is 214 Å². The van der Waals surface area contributed by atoms with Crippen LogP contribution in [0.5, 0.6) is 0 Å². The number of nitrogens with two attached hydrogens (primary N) is 1. The number of rotatable bonds is 40. The average Bonchev–Trinajstić information content (AvgIpc) is 3.88. The van der Waals surface area contributed by atoms with Gasteiger partial charge in [0.15, 0.2) is 0 Å². The first kappa shape index (κ1) is 58.3. The highest BCUT2D eigenvalue weighted by Crippen LogP contribution is 2.18. The first-order valence-corrected chi connectivity index (χ1v) is 26.4. The number of carbonyl (C=O) groups excluding carboxylic acids is 6. The number of benzene rings is 1. The maximum absolute atomic E-state index is 13.6. The molecule has 1 saturated heterocycles. The molecular weight excluding hydrogens is 875 g/mol. The van der Waals surface area contributed by atoms with Gasteiger partial charge in [-0.2, -0.15) is 0 Å². The third-order valence-electron chi connectivity index (χ3n) is 12.7. The average molecular weight is 962 g/mol. The molecule has 0 aliphatic carbocycles. The number of unbranched alkanes of at least 4 members (excludes halogenated alkanes) is 19. The molecular formula is C54H87N7O8. The van der Waals surface area contributed by atoms with E-state index in [9.17, 15) is 28.8 Å². The fourth-order valence-electron chi connectivity index (χ4n) is 8.62. The Hall–Kier alpha value is -5.02. The van der Waals surface area contributed by atoms with Crippen molar-refractivity contribution in [2.75, 3.05) is 45.9 Å². The summed E-state index contributed by atoms with van der Waals surface area (Å²) in [5.41, 5.74) is 6.84. The zero-order valence-corrected chi connectivity index (χ0v) is 41.9. The molecule has 0 spiro atoms. The number of allylic oxidation sites excluding steroid dienone is 1. The van der Waals surface area contributed by atoms with Crippen molar-refractivity contribution in [3.8, 4) is 0 Å². The van der Waals surface area contributed by atoms with Crippen molar-refractivity contribution in [1.29, 1.82) is 0 Å². The maximum atomic E-state index is 13.6. The van der Waals surface area contributed by atoms with Gasteiger partial charge in [0, 0.05) is 45.7 Å². The highest BCUT2D eigenvalue weighted by atomic mass is 16.5. The van der Waals surface area contributed by atoms with Crippen LogP contribution < -0.4 is 32.3 Å². The summed E-state index contributed by atoms with van der Waals surface area (Å²) in [7, 11) is 0. The minimum Gasteiger partial charge on any atom is -0.469 e. The van der Waals surface area contributed by atoms with E-state index in [4.69, 9.17) is 14.9 Å². The van der Waals surface area contributed by atoms with Gasteiger partial charge in [-0.25, -0.2) is 0 Å². The molecule has 3 rings (SSSR count). The summed E-state index contributed by atoms with van der Waals surface area (Å²) in [5, 5.41) is 14.1. The van der Waals surface area contributed by atoms with Crippen LogP contribution in [0, 0.1) is 5.92 Å². The fourth-order valence-corrected chi connectivity index (χ4v) is 8.62. The Morgan fingerprint density at radius 3 is 1.99 bits per heavy atom. The predicted molar refractivity (Wildman–Crippen MR) is 272 cm³/mol. The molecule has 1 aliphatic rings. The van der Waals surface area contributed by atoms with Gasteiger partial charge in [0.1, 0.15) is 17.8 Å². The van der Waals surface area contributed by atoms with E-state index in [0.717, 1.165) is 25.7 Å². The zero-order valence-electron chi connectivity index (χ0n) is 41.9. The number of hydrogen-bond donors (Lipinski definition) is 6. The Morgan fingerprint density at radius 1 is 0.754 bits per heavy atom. The van der Waals surface area contributed by atoms with Crippen LogP contribution in [-0.2, 0) is 52.9 Å². The summed E-state index contributed by atoms with van der Waals surface area (Å²) in [6.07, 6.45) is 32.8. The maximum Gasteiger partial charge on any atom is 0.244 e. The molecule has 1 fully saturated rings. The molecule has 0 unspecified atom stereocenters. The fraction of sp³-hybridized carbons (Fsp3) is 0.667. The molecule has 0 bridgehead atoms. The SMILES string of the molecule is CCCCCCCCCCCCCCCCCCCCCC=CC(=O)N[C@@H](CNC(=O)Cc1ccccc1CNC(=O)[C@H](Cc1ccco1)NC(=O)[C@@H]1CCCN(C=O)C1)C(=O)NCCOCCN. The second kappa shape index (κ2) is 37.8. The minimum atomic E-state index is -1.04. The summed E-state index contributed by atoms with van der Waals surface area (Å²) in [5.74, 6) is -1.92. The number of piperidine rings is 1. The molecule has 69 heavy (non-hydrogen) atoms. The zero-order chi connectivity index (χ0) is 49.6. The van der Waals surface area contributed by atoms with Gasteiger partial charge in [-0.3, -0.25) is 28.8 Å². The molecule has 1 aromatic heterocycles. The van der Waals surface area contributed by atoms with Crippen molar-refractivity contribution in [3.05, 3.63) is 71.7 Å². The number of nitrogens with one attached hydrogen (secondary N) is 5. The number of carbonyl (C=O) groups is 6. The second-order valence-electron chi connectivity index (χ2n) is 18.6. The molecule has 1 aliphatic heterocycles. The molecule has 15 heteroatoms. The van der Waals surface area contributed by atoms with E-state index in [0.29, 0.717) is 56.0 Å². The Morgan fingerprint density at radius 2 is 1.38 bits per heavy atom. The van der Waals surface area contributed by atoms with Gasteiger partial charge in [-0.05, 0) is 55.0 Å². The van der Waals surface area contributed by atoms with E-state index < -0.39 is 35.7 Å². The Labute approximate surface area is 413 Å². The van der Waals surface area contributed by atoms with E-state index in [1.54, 1.807) is 41.3 Å². The smallest absolute Gasteiger partial charge is 0.244 e. The van der Waals surface area contributed by atoms with E-state index in [-0.39, 0.29) is 50.9 Å². The van der Waals surface area contributed by atoms with Gasteiger partial charge in [-0.1, -0.05) is 153 Å². The van der Waals surface area contributed by atoms with Crippen LogP contribution in [0.25, 0.3) is 0 Å². The number of hydrogen-bond acceptors (Lipinski definition) is 9. The molecule has 6 amide bonds. The van der Waals surface area contributed by atoms with E-state index in [1.807, 2.05) is 6.08 Å². The molecule has 386 valence electrons. The lowest BCUT2D eigenvalue weighted by atomic mass is 9.97. The molecule has 0 radical (unpaired) electrons.